The summed E-state index contributed by atoms with van der Waals surface area (Å²) in [6.07, 6.45) is 3.70. The van der Waals surface area contributed by atoms with E-state index in [0.717, 1.165) is 25.8 Å². The summed E-state index contributed by atoms with van der Waals surface area (Å²) in [5, 5.41) is 3.24. The van der Waals surface area contributed by atoms with Gasteiger partial charge in [-0.1, -0.05) is 6.42 Å². The quantitative estimate of drug-likeness (QED) is 0.674. The molecule has 1 atom stereocenters. The molecule has 0 radical (unpaired) electrons. The van der Waals surface area contributed by atoms with Gasteiger partial charge in [-0.25, -0.2) is 8.78 Å². The van der Waals surface area contributed by atoms with Gasteiger partial charge >= 0.3 is 0 Å². The molecule has 0 bridgehead atoms. The van der Waals surface area contributed by atoms with Gasteiger partial charge in [0.2, 0.25) is 11.6 Å². The fourth-order valence-electron chi connectivity index (χ4n) is 2.15. The van der Waals surface area contributed by atoms with Crippen molar-refractivity contribution in [3.05, 3.63) is 29.3 Å². The zero-order chi connectivity index (χ0) is 13.8. The van der Waals surface area contributed by atoms with E-state index in [9.17, 15) is 17.6 Å². The molecule has 1 aliphatic rings. The summed E-state index contributed by atoms with van der Waals surface area (Å²) in [5.74, 6) is -6.87. The average Bonchev–Trinajstić information content (AvgIpc) is 2.42. The Balaban J connectivity index is 1.95. The Bertz CT molecular complexity index is 421. The van der Waals surface area contributed by atoms with Crippen molar-refractivity contribution in [3.8, 4) is 5.75 Å². The van der Waals surface area contributed by atoms with Crippen molar-refractivity contribution in [2.75, 3.05) is 13.2 Å². The summed E-state index contributed by atoms with van der Waals surface area (Å²) < 4.78 is 57.3. The first-order chi connectivity index (χ1) is 9.09. The van der Waals surface area contributed by atoms with Gasteiger partial charge in [0, 0.05) is 12.1 Å². The second kappa shape index (κ2) is 6.23. The molecule has 1 fully saturated rings. The lowest BCUT2D eigenvalue weighted by molar-refractivity contribution is 0.241. The van der Waals surface area contributed by atoms with Crippen molar-refractivity contribution in [1.82, 2.24) is 5.32 Å². The van der Waals surface area contributed by atoms with Crippen LogP contribution in [0.1, 0.15) is 25.7 Å². The number of hydrogen-bond acceptors (Lipinski definition) is 2. The van der Waals surface area contributed by atoms with Crippen LogP contribution in [0.3, 0.4) is 0 Å². The van der Waals surface area contributed by atoms with Crippen LogP contribution in [0.4, 0.5) is 17.6 Å². The number of ether oxygens (including phenoxy) is 1. The van der Waals surface area contributed by atoms with Gasteiger partial charge in [0.15, 0.2) is 17.4 Å². The highest BCUT2D eigenvalue weighted by Crippen LogP contribution is 2.26. The number of benzene rings is 1. The second-order valence-corrected chi connectivity index (χ2v) is 4.58. The van der Waals surface area contributed by atoms with E-state index in [0.29, 0.717) is 6.42 Å². The first-order valence-corrected chi connectivity index (χ1v) is 6.28. The molecule has 106 valence electrons. The highest BCUT2D eigenvalue weighted by Gasteiger charge is 2.21. The standard InChI is InChI=1S/C13H15F4NO/c14-9-7-10(15)12(17)13(11(9)16)19-6-4-8-3-1-2-5-18-8/h7-8,18H,1-6H2. The van der Waals surface area contributed by atoms with Crippen LogP contribution < -0.4 is 10.1 Å². The highest BCUT2D eigenvalue weighted by atomic mass is 19.2. The van der Waals surface area contributed by atoms with Crippen molar-refractivity contribution in [2.24, 2.45) is 0 Å². The summed E-state index contributed by atoms with van der Waals surface area (Å²) in [7, 11) is 0. The molecule has 1 aliphatic heterocycles. The number of halogens is 4. The van der Waals surface area contributed by atoms with E-state index >= 15 is 0 Å². The van der Waals surface area contributed by atoms with Crippen LogP contribution in [0.5, 0.6) is 5.75 Å². The molecule has 1 unspecified atom stereocenters. The van der Waals surface area contributed by atoms with Gasteiger partial charge in [0.05, 0.1) is 6.61 Å². The van der Waals surface area contributed by atoms with Gasteiger partial charge < -0.3 is 10.1 Å². The van der Waals surface area contributed by atoms with E-state index in [-0.39, 0.29) is 18.7 Å². The Kier molecular flexibility index (Phi) is 4.63. The van der Waals surface area contributed by atoms with Crippen molar-refractivity contribution in [1.29, 1.82) is 0 Å². The molecule has 2 nitrogen and oxygen atoms in total. The third-order valence-electron chi connectivity index (χ3n) is 3.20. The van der Waals surface area contributed by atoms with Crippen LogP contribution in [0, 0.1) is 23.3 Å². The van der Waals surface area contributed by atoms with Crippen molar-refractivity contribution in [3.63, 3.8) is 0 Å². The number of nitrogens with one attached hydrogen (secondary N) is 1. The van der Waals surface area contributed by atoms with Gasteiger partial charge in [0.25, 0.3) is 0 Å². The molecule has 1 aromatic carbocycles. The van der Waals surface area contributed by atoms with Gasteiger partial charge in [-0.3, -0.25) is 0 Å². The molecule has 2 rings (SSSR count). The van der Waals surface area contributed by atoms with Crippen molar-refractivity contribution < 1.29 is 22.3 Å². The smallest absolute Gasteiger partial charge is 0.203 e. The van der Waals surface area contributed by atoms with Crippen LogP contribution in [-0.4, -0.2) is 19.2 Å². The molecule has 6 heteroatoms. The fourth-order valence-corrected chi connectivity index (χ4v) is 2.15. The Morgan fingerprint density at radius 3 is 2.37 bits per heavy atom. The van der Waals surface area contributed by atoms with E-state index in [1.165, 1.54) is 0 Å². The normalized spacial score (nSPS) is 19.5. The van der Waals surface area contributed by atoms with Gasteiger partial charge in [-0.15, -0.1) is 0 Å². The minimum Gasteiger partial charge on any atom is -0.487 e. The summed E-state index contributed by atoms with van der Waals surface area (Å²) in [4.78, 5) is 0. The summed E-state index contributed by atoms with van der Waals surface area (Å²) in [5.41, 5.74) is 0. The molecule has 1 heterocycles. The van der Waals surface area contributed by atoms with Crippen LogP contribution in [0.2, 0.25) is 0 Å². The van der Waals surface area contributed by atoms with E-state index in [1.54, 1.807) is 0 Å². The van der Waals surface area contributed by atoms with Gasteiger partial charge in [-0.05, 0) is 25.8 Å². The van der Waals surface area contributed by atoms with Gasteiger partial charge in [0.1, 0.15) is 0 Å². The van der Waals surface area contributed by atoms with E-state index in [1.807, 2.05) is 0 Å². The monoisotopic (exact) mass is 277 g/mol. The topological polar surface area (TPSA) is 21.3 Å². The van der Waals surface area contributed by atoms with E-state index in [2.05, 4.69) is 5.32 Å². The lowest BCUT2D eigenvalue weighted by atomic mass is 10.0. The first kappa shape index (κ1) is 14.1. The predicted molar refractivity (Wildman–Crippen MR) is 62.0 cm³/mol. The largest absolute Gasteiger partial charge is 0.487 e. The maximum atomic E-state index is 13.3. The van der Waals surface area contributed by atoms with E-state index < -0.39 is 29.0 Å². The molecule has 0 aliphatic carbocycles. The summed E-state index contributed by atoms with van der Waals surface area (Å²) in [6, 6.07) is 0.388. The Morgan fingerprint density at radius 1 is 1.11 bits per heavy atom. The van der Waals surface area contributed by atoms with Crippen LogP contribution >= 0.6 is 0 Å². The zero-order valence-electron chi connectivity index (χ0n) is 10.3. The molecule has 1 N–H and O–H groups in total. The Morgan fingerprint density at radius 2 is 1.79 bits per heavy atom. The highest BCUT2D eigenvalue weighted by molar-refractivity contribution is 5.28. The summed E-state index contributed by atoms with van der Waals surface area (Å²) in [6.45, 7) is 0.913. The number of rotatable bonds is 4. The van der Waals surface area contributed by atoms with Crippen LogP contribution in [-0.2, 0) is 0 Å². The molecule has 1 aromatic rings. The maximum absolute atomic E-state index is 13.3. The number of hydrogen-bond donors (Lipinski definition) is 1. The van der Waals surface area contributed by atoms with Crippen LogP contribution in [0.15, 0.2) is 6.07 Å². The molecule has 0 aromatic heterocycles. The Hall–Kier alpha value is -1.30. The Labute approximate surface area is 108 Å². The van der Waals surface area contributed by atoms with E-state index in [4.69, 9.17) is 4.74 Å². The average molecular weight is 277 g/mol. The van der Waals surface area contributed by atoms with Crippen molar-refractivity contribution >= 4 is 0 Å². The zero-order valence-corrected chi connectivity index (χ0v) is 10.3. The van der Waals surface area contributed by atoms with Crippen LogP contribution in [0.25, 0.3) is 0 Å². The lowest BCUT2D eigenvalue weighted by Crippen LogP contribution is -2.35. The third kappa shape index (κ3) is 3.37. The first-order valence-electron chi connectivity index (χ1n) is 6.28. The molecule has 0 spiro atoms. The maximum Gasteiger partial charge on any atom is 0.203 e. The minimum absolute atomic E-state index is 0.00833. The second-order valence-electron chi connectivity index (χ2n) is 4.58. The SMILES string of the molecule is Fc1cc(F)c(F)c(OCCC2CCCCN2)c1F. The summed E-state index contributed by atoms with van der Waals surface area (Å²) >= 11 is 0. The fraction of sp³-hybridized carbons (Fsp3) is 0.538. The number of piperidine rings is 1. The van der Waals surface area contributed by atoms with Crippen molar-refractivity contribution in [2.45, 2.75) is 31.7 Å². The lowest BCUT2D eigenvalue weighted by Gasteiger charge is -2.23. The predicted octanol–water partition coefficient (Wildman–Crippen LogP) is 3.15. The molecule has 0 saturated carbocycles. The third-order valence-corrected chi connectivity index (χ3v) is 3.20. The molecular formula is C13H15F4NO. The van der Waals surface area contributed by atoms with Gasteiger partial charge in [-0.2, -0.15) is 8.78 Å². The molecule has 0 amide bonds. The molecule has 1 saturated heterocycles. The minimum atomic E-state index is -1.49. The molecule has 19 heavy (non-hydrogen) atoms. The molecular weight excluding hydrogens is 262 g/mol.